The van der Waals surface area contributed by atoms with Crippen molar-refractivity contribution in [3.63, 3.8) is 0 Å². The van der Waals surface area contributed by atoms with Crippen LogP contribution in [-0.2, 0) is 21.2 Å². The van der Waals surface area contributed by atoms with Gasteiger partial charge in [-0.25, -0.2) is 13.1 Å². The maximum absolute atomic E-state index is 12.4. The lowest BCUT2D eigenvalue weighted by atomic mass is 10.1. The average Bonchev–Trinajstić information content (AvgIpc) is 3.20. The molecule has 0 radical (unpaired) electrons. The van der Waals surface area contributed by atoms with Gasteiger partial charge in [0.15, 0.2) is 0 Å². The fourth-order valence-electron chi connectivity index (χ4n) is 3.30. The van der Waals surface area contributed by atoms with E-state index in [4.69, 9.17) is 11.6 Å². The van der Waals surface area contributed by atoms with Crippen molar-refractivity contribution in [3.8, 4) is 0 Å². The second-order valence-electron chi connectivity index (χ2n) is 7.17. The van der Waals surface area contributed by atoms with Gasteiger partial charge in [0.25, 0.3) is 0 Å². The van der Waals surface area contributed by atoms with E-state index in [0.29, 0.717) is 18.0 Å². The number of sulfonamides is 1. The number of nitrogens with one attached hydrogen (secondary N) is 2. The topological polar surface area (TPSA) is 75.3 Å². The molecule has 0 heterocycles. The summed E-state index contributed by atoms with van der Waals surface area (Å²) in [5.74, 6) is -0.181. The van der Waals surface area contributed by atoms with Crippen molar-refractivity contribution in [2.24, 2.45) is 0 Å². The third-order valence-electron chi connectivity index (χ3n) is 4.92. The molecule has 2 aromatic rings. The van der Waals surface area contributed by atoms with Crippen molar-refractivity contribution in [2.75, 3.05) is 6.54 Å². The number of benzene rings is 2. The summed E-state index contributed by atoms with van der Waals surface area (Å²) >= 11 is 5.83. The van der Waals surface area contributed by atoms with E-state index < -0.39 is 10.0 Å². The molecular formula is C22H25ClN2O3S. The molecule has 3 rings (SSSR count). The first-order valence-electron chi connectivity index (χ1n) is 9.75. The summed E-state index contributed by atoms with van der Waals surface area (Å²) in [6.07, 6.45) is 7.79. The number of halogens is 1. The van der Waals surface area contributed by atoms with E-state index >= 15 is 0 Å². The van der Waals surface area contributed by atoms with Gasteiger partial charge in [-0.05, 0) is 60.7 Å². The highest BCUT2D eigenvalue weighted by molar-refractivity contribution is 7.89. The highest BCUT2D eigenvalue weighted by Crippen LogP contribution is 2.20. The minimum absolute atomic E-state index is 0.0517. The van der Waals surface area contributed by atoms with E-state index in [2.05, 4.69) is 10.0 Å². The minimum Gasteiger partial charge on any atom is -0.352 e. The zero-order valence-electron chi connectivity index (χ0n) is 16.1. The van der Waals surface area contributed by atoms with Crippen LogP contribution in [0, 0.1) is 0 Å². The zero-order valence-corrected chi connectivity index (χ0v) is 17.7. The Morgan fingerprint density at radius 2 is 1.69 bits per heavy atom. The summed E-state index contributed by atoms with van der Waals surface area (Å²) in [6, 6.07) is 14.1. The second-order valence-corrected chi connectivity index (χ2v) is 9.32. The molecule has 0 saturated heterocycles. The summed E-state index contributed by atoms with van der Waals surface area (Å²) in [4.78, 5) is 12.2. The first kappa shape index (κ1) is 21.6. The van der Waals surface area contributed by atoms with Gasteiger partial charge in [-0.3, -0.25) is 4.79 Å². The van der Waals surface area contributed by atoms with E-state index in [1.165, 1.54) is 6.08 Å². The predicted molar refractivity (Wildman–Crippen MR) is 116 cm³/mol. The summed E-state index contributed by atoms with van der Waals surface area (Å²) < 4.78 is 27.6. The molecule has 0 aromatic heterocycles. The van der Waals surface area contributed by atoms with Crippen LogP contribution < -0.4 is 10.0 Å². The molecule has 0 spiro atoms. The van der Waals surface area contributed by atoms with E-state index in [9.17, 15) is 13.2 Å². The van der Waals surface area contributed by atoms with Crippen LogP contribution in [0.5, 0.6) is 0 Å². The molecule has 1 aliphatic carbocycles. The summed E-state index contributed by atoms with van der Waals surface area (Å²) in [5.41, 5.74) is 1.86. The van der Waals surface area contributed by atoms with Crippen LogP contribution in [-0.4, -0.2) is 26.9 Å². The Balaban J connectivity index is 1.46. The molecule has 1 amide bonds. The van der Waals surface area contributed by atoms with Crippen molar-refractivity contribution in [3.05, 3.63) is 70.8 Å². The summed E-state index contributed by atoms with van der Waals surface area (Å²) in [6.45, 7) is 0.468. The quantitative estimate of drug-likeness (QED) is 0.620. The number of rotatable bonds is 8. The Labute approximate surface area is 177 Å². The maximum Gasteiger partial charge on any atom is 0.244 e. The molecule has 1 fully saturated rings. The third kappa shape index (κ3) is 6.70. The smallest absolute Gasteiger partial charge is 0.244 e. The number of carbonyl (C=O) groups is 1. The number of carbonyl (C=O) groups excluding carboxylic acids is 1. The molecule has 0 atom stereocenters. The highest BCUT2D eigenvalue weighted by Gasteiger charge is 2.22. The lowest BCUT2D eigenvalue weighted by Crippen LogP contribution is -2.32. The molecule has 5 nitrogen and oxygen atoms in total. The lowest BCUT2D eigenvalue weighted by molar-refractivity contribution is -0.116. The molecule has 1 saturated carbocycles. The van der Waals surface area contributed by atoms with Crippen LogP contribution >= 0.6 is 11.6 Å². The van der Waals surface area contributed by atoms with Crippen LogP contribution in [0.4, 0.5) is 0 Å². The maximum atomic E-state index is 12.4. The first-order chi connectivity index (χ1) is 13.9. The number of hydrogen-bond donors (Lipinski definition) is 2. The van der Waals surface area contributed by atoms with Gasteiger partial charge in [0.05, 0.1) is 4.90 Å². The minimum atomic E-state index is -3.47. The van der Waals surface area contributed by atoms with E-state index in [1.807, 2.05) is 12.1 Å². The SMILES string of the molecule is O=C(/C=C/c1ccc(Cl)cc1)NCCc1ccc(S(=O)(=O)NC2CCCC2)cc1. The Morgan fingerprint density at radius 3 is 2.34 bits per heavy atom. The Kier molecular flexibility index (Phi) is 7.47. The largest absolute Gasteiger partial charge is 0.352 e. The molecular weight excluding hydrogens is 408 g/mol. The monoisotopic (exact) mass is 432 g/mol. The number of amides is 1. The Morgan fingerprint density at radius 1 is 1.03 bits per heavy atom. The van der Waals surface area contributed by atoms with Crippen LogP contribution in [0.3, 0.4) is 0 Å². The van der Waals surface area contributed by atoms with Crippen LogP contribution in [0.25, 0.3) is 6.08 Å². The van der Waals surface area contributed by atoms with Crippen LogP contribution in [0.1, 0.15) is 36.8 Å². The molecule has 154 valence electrons. The Bertz CT molecular complexity index is 949. The molecule has 0 unspecified atom stereocenters. The molecule has 7 heteroatoms. The van der Waals surface area contributed by atoms with Crippen molar-refractivity contribution in [1.82, 2.24) is 10.0 Å². The van der Waals surface area contributed by atoms with E-state index in [-0.39, 0.29) is 16.8 Å². The Hall–Kier alpha value is -2.15. The normalized spacial score (nSPS) is 15.1. The van der Waals surface area contributed by atoms with Gasteiger partial charge in [-0.2, -0.15) is 0 Å². The zero-order chi connectivity index (χ0) is 20.7. The molecule has 2 aromatic carbocycles. The highest BCUT2D eigenvalue weighted by atomic mass is 35.5. The van der Waals surface area contributed by atoms with Gasteiger partial charge in [-0.15, -0.1) is 0 Å². The second kappa shape index (κ2) is 10.1. The summed E-state index contributed by atoms with van der Waals surface area (Å²) in [5, 5.41) is 3.48. The van der Waals surface area contributed by atoms with Gasteiger partial charge < -0.3 is 5.32 Å². The van der Waals surface area contributed by atoms with Gasteiger partial charge in [-0.1, -0.05) is 48.7 Å². The van der Waals surface area contributed by atoms with Crippen LogP contribution in [0.15, 0.2) is 59.5 Å². The van der Waals surface area contributed by atoms with Gasteiger partial charge in [0.1, 0.15) is 0 Å². The van der Waals surface area contributed by atoms with Crippen LogP contribution in [0.2, 0.25) is 5.02 Å². The fraction of sp³-hybridized carbons (Fsp3) is 0.318. The van der Waals surface area contributed by atoms with Crippen molar-refractivity contribution >= 4 is 33.6 Å². The predicted octanol–water partition coefficient (Wildman–Crippen LogP) is 3.93. The third-order valence-corrected chi connectivity index (χ3v) is 6.71. The first-order valence-corrected chi connectivity index (χ1v) is 11.6. The van der Waals surface area contributed by atoms with Gasteiger partial charge in [0.2, 0.25) is 15.9 Å². The van der Waals surface area contributed by atoms with E-state index in [1.54, 1.807) is 42.5 Å². The van der Waals surface area contributed by atoms with Crippen molar-refractivity contribution < 1.29 is 13.2 Å². The van der Waals surface area contributed by atoms with Gasteiger partial charge in [0, 0.05) is 23.7 Å². The molecule has 29 heavy (non-hydrogen) atoms. The average molecular weight is 433 g/mol. The van der Waals surface area contributed by atoms with E-state index in [0.717, 1.165) is 36.8 Å². The lowest BCUT2D eigenvalue weighted by Gasteiger charge is -2.12. The molecule has 1 aliphatic rings. The number of hydrogen-bond acceptors (Lipinski definition) is 3. The van der Waals surface area contributed by atoms with Crippen molar-refractivity contribution in [1.29, 1.82) is 0 Å². The molecule has 2 N–H and O–H groups in total. The summed E-state index contributed by atoms with van der Waals surface area (Å²) in [7, 11) is -3.47. The molecule has 0 bridgehead atoms. The van der Waals surface area contributed by atoms with Crippen molar-refractivity contribution in [2.45, 2.75) is 43.0 Å². The van der Waals surface area contributed by atoms with Gasteiger partial charge >= 0.3 is 0 Å². The fourth-order valence-corrected chi connectivity index (χ4v) is 4.73. The standard InChI is InChI=1S/C22H25ClN2O3S/c23-19-10-5-17(6-11-19)9-14-22(26)24-16-15-18-7-12-21(13-8-18)29(27,28)25-20-3-1-2-4-20/h5-14,20,25H,1-4,15-16H2,(H,24,26)/b14-9+. The molecule has 0 aliphatic heterocycles.